The second-order valence-electron chi connectivity index (χ2n) is 7.52. The van der Waals surface area contributed by atoms with Gasteiger partial charge in [0.05, 0.1) is 11.1 Å². The second kappa shape index (κ2) is 13.8. The molecule has 0 aliphatic rings. The van der Waals surface area contributed by atoms with Crippen LogP contribution in [-0.4, -0.2) is 30.1 Å². The fourth-order valence-corrected chi connectivity index (χ4v) is 3.64. The highest BCUT2D eigenvalue weighted by atomic mass is 79.9. The molecule has 2 rings (SSSR count). The lowest BCUT2D eigenvalue weighted by molar-refractivity contribution is -0.123. The Hall–Kier alpha value is -2.65. The molecule has 0 spiro atoms. The lowest BCUT2D eigenvalue weighted by atomic mass is 10.1. The van der Waals surface area contributed by atoms with Crippen LogP contribution in [-0.2, 0) is 4.79 Å². The van der Waals surface area contributed by atoms with E-state index in [2.05, 4.69) is 39.0 Å². The highest BCUT2D eigenvalue weighted by Gasteiger charge is 2.12. The van der Waals surface area contributed by atoms with Crippen LogP contribution in [0.5, 0.6) is 11.5 Å². The minimum absolute atomic E-state index is 0.0344. The minimum atomic E-state index is -0.433. The number of benzene rings is 2. The Labute approximate surface area is 208 Å². The van der Waals surface area contributed by atoms with Crippen molar-refractivity contribution in [1.29, 1.82) is 0 Å². The Morgan fingerprint density at radius 1 is 1.00 bits per heavy atom. The van der Waals surface area contributed by atoms with E-state index < -0.39 is 11.8 Å². The van der Waals surface area contributed by atoms with E-state index in [0.717, 1.165) is 24.0 Å². The predicted molar refractivity (Wildman–Crippen MR) is 137 cm³/mol. The Balaban J connectivity index is 1.76. The molecule has 9 heteroatoms. The number of rotatable bonds is 10. The Kier molecular flexibility index (Phi) is 11.1. The van der Waals surface area contributed by atoms with Gasteiger partial charge in [0.25, 0.3) is 11.8 Å². The highest BCUT2D eigenvalue weighted by molar-refractivity contribution is 9.10. The van der Waals surface area contributed by atoms with Crippen molar-refractivity contribution in [3.05, 3.63) is 57.6 Å². The van der Waals surface area contributed by atoms with Crippen molar-refractivity contribution in [3.8, 4) is 11.5 Å². The van der Waals surface area contributed by atoms with Gasteiger partial charge in [0, 0.05) is 5.56 Å². The van der Waals surface area contributed by atoms with Crippen LogP contribution in [0.15, 0.2) is 40.9 Å². The van der Waals surface area contributed by atoms with E-state index in [4.69, 9.17) is 21.7 Å². The van der Waals surface area contributed by atoms with E-state index in [1.54, 1.807) is 18.2 Å². The third kappa shape index (κ3) is 9.01. The molecule has 0 aromatic heterocycles. The number of carbonyl (C=O) groups is 2. The number of carbonyl (C=O) groups excluding carboxylic acids is 2. The Bertz CT molecular complexity index is 964. The SMILES string of the molecule is CCCCCCOc1ccc(C(=O)NC(=S)NNC(=O)COc2c(C)cccc2C)cc1Br. The molecular formula is C24H30BrN3O4S. The molecule has 2 aromatic rings. The molecule has 0 radical (unpaired) electrons. The molecule has 7 nitrogen and oxygen atoms in total. The quantitative estimate of drug-likeness (QED) is 0.231. The summed E-state index contributed by atoms with van der Waals surface area (Å²) in [6, 6.07) is 10.8. The van der Waals surface area contributed by atoms with Gasteiger partial charge in [-0.25, -0.2) is 0 Å². The van der Waals surface area contributed by atoms with Crippen molar-refractivity contribution in [1.82, 2.24) is 16.2 Å². The fourth-order valence-electron chi connectivity index (χ4n) is 3.00. The molecule has 3 N–H and O–H groups in total. The number of hydrogen-bond acceptors (Lipinski definition) is 5. The molecule has 33 heavy (non-hydrogen) atoms. The van der Waals surface area contributed by atoms with E-state index in [-0.39, 0.29) is 11.7 Å². The standard InChI is InChI=1S/C24H30BrN3O4S/c1-4-5-6-7-13-31-20-12-11-18(14-19(20)25)23(30)26-24(33)28-27-21(29)15-32-22-16(2)9-8-10-17(22)3/h8-12,14H,4-7,13,15H2,1-3H3,(H,27,29)(H2,26,28,30,33). The van der Waals surface area contributed by atoms with Crippen molar-refractivity contribution in [3.63, 3.8) is 0 Å². The molecular weight excluding hydrogens is 506 g/mol. The molecule has 0 fully saturated rings. The molecule has 0 bridgehead atoms. The number of amides is 2. The van der Waals surface area contributed by atoms with E-state index in [1.807, 2.05) is 32.0 Å². The summed E-state index contributed by atoms with van der Waals surface area (Å²) in [4.78, 5) is 24.5. The average molecular weight is 536 g/mol. The second-order valence-corrected chi connectivity index (χ2v) is 8.78. The molecule has 178 valence electrons. The van der Waals surface area contributed by atoms with Crippen LogP contribution >= 0.6 is 28.1 Å². The monoisotopic (exact) mass is 535 g/mol. The molecule has 0 unspecified atom stereocenters. The topological polar surface area (TPSA) is 88.7 Å². The zero-order chi connectivity index (χ0) is 24.2. The maximum atomic E-state index is 12.4. The van der Waals surface area contributed by atoms with Gasteiger partial charge in [-0.05, 0) is 77.7 Å². The van der Waals surface area contributed by atoms with Crippen LogP contribution in [0.3, 0.4) is 0 Å². The number of para-hydroxylation sites is 1. The smallest absolute Gasteiger partial charge is 0.276 e. The normalized spacial score (nSPS) is 10.3. The van der Waals surface area contributed by atoms with Crippen molar-refractivity contribution in [2.24, 2.45) is 0 Å². The van der Waals surface area contributed by atoms with E-state index in [0.29, 0.717) is 28.1 Å². The summed E-state index contributed by atoms with van der Waals surface area (Å²) in [6.45, 7) is 6.42. The van der Waals surface area contributed by atoms with Crippen LogP contribution in [0, 0.1) is 13.8 Å². The summed E-state index contributed by atoms with van der Waals surface area (Å²) in [5, 5.41) is 2.49. The lowest BCUT2D eigenvalue weighted by Crippen LogP contribution is -2.49. The van der Waals surface area contributed by atoms with Crippen LogP contribution in [0.4, 0.5) is 0 Å². The van der Waals surface area contributed by atoms with Gasteiger partial charge in [0.1, 0.15) is 11.5 Å². The zero-order valence-corrected chi connectivity index (χ0v) is 21.5. The van der Waals surface area contributed by atoms with Crippen molar-refractivity contribution < 1.29 is 19.1 Å². The first-order valence-corrected chi connectivity index (χ1v) is 12.0. The number of unbranched alkanes of at least 4 members (excludes halogenated alkanes) is 3. The van der Waals surface area contributed by atoms with Gasteiger partial charge in [0.15, 0.2) is 11.7 Å². The van der Waals surface area contributed by atoms with E-state index >= 15 is 0 Å². The Morgan fingerprint density at radius 3 is 2.39 bits per heavy atom. The summed E-state index contributed by atoms with van der Waals surface area (Å²) in [7, 11) is 0. The predicted octanol–water partition coefficient (Wildman–Crippen LogP) is 4.74. The average Bonchev–Trinajstić information content (AvgIpc) is 2.78. The number of ether oxygens (including phenoxy) is 2. The lowest BCUT2D eigenvalue weighted by Gasteiger charge is -2.14. The third-order valence-corrected chi connectivity index (χ3v) is 5.57. The maximum absolute atomic E-state index is 12.4. The van der Waals surface area contributed by atoms with Crippen LogP contribution in [0.25, 0.3) is 0 Å². The van der Waals surface area contributed by atoms with Gasteiger partial charge in [-0.3, -0.25) is 25.8 Å². The van der Waals surface area contributed by atoms with E-state index in [9.17, 15) is 9.59 Å². The summed E-state index contributed by atoms with van der Waals surface area (Å²) >= 11 is 8.52. The van der Waals surface area contributed by atoms with Gasteiger partial charge in [-0.1, -0.05) is 44.4 Å². The van der Waals surface area contributed by atoms with Crippen molar-refractivity contribution in [2.45, 2.75) is 46.5 Å². The number of hydrazine groups is 1. The third-order valence-electron chi connectivity index (χ3n) is 4.75. The fraction of sp³-hybridized carbons (Fsp3) is 0.375. The molecule has 0 saturated heterocycles. The molecule has 0 saturated carbocycles. The first kappa shape index (κ1) is 26.6. The number of nitrogens with one attached hydrogen (secondary N) is 3. The number of halogens is 1. The molecule has 0 heterocycles. The summed E-state index contributed by atoms with van der Waals surface area (Å²) < 4.78 is 12.0. The summed E-state index contributed by atoms with van der Waals surface area (Å²) in [5.74, 6) is 0.503. The van der Waals surface area contributed by atoms with Crippen LogP contribution < -0.4 is 25.6 Å². The molecule has 0 aliphatic heterocycles. The van der Waals surface area contributed by atoms with Gasteiger partial charge < -0.3 is 9.47 Å². The zero-order valence-electron chi connectivity index (χ0n) is 19.1. The molecule has 2 aromatic carbocycles. The van der Waals surface area contributed by atoms with Crippen LogP contribution in [0.1, 0.15) is 54.1 Å². The Morgan fingerprint density at radius 2 is 1.73 bits per heavy atom. The van der Waals surface area contributed by atoms with Gasteiger partial charge in [-0.15, -0.1) is 0 Å². The van der Waals surface area contributed by atoms with Gasteiger partial charge >= 0.3 is 0 Å². The number of hydrogen-bond donors (Lipinski definition) is 3. The number of aryl methyl sites for hydroxylation is 2. The minimum Gasteiger partial charge on any atom is -0.492 e. The first-order chi connectivity index (χ1) is 15.8. The molecule has 0 atom stereocenters. The highest BCUT2D eigenvalue weighted by Crippen LogP contribution is 2.26. The van der Waals surface area contributed by atoms with Crippen molar-refractivity contribution in [2.75, 3.05) is 13.2 Å². The number of thiocarbonyl (C=S) groups is 1. The summed E-state index contributed by atoms with van der Waals surface area (Å²) in [5.41, 5.74) is 7.19. The van der Waals surface area contributed by atoms with Gasteiger partial charge in [0.2, 0.25) is 0 Å². The first-order valence-electron chi connectivity index (χ1n) is 10.8. The largest absolute Gasteiger partial charge is 0.492 e. The van der Waals surface area contributed by atoms with E-state index in [1.165, 1.54) is 12.8 Å². The molecule has 2 amide bonds. The molecule has 0 aliphatic carbocycles. The summed E-state index contributed by atoms with van der Waals surface area (Å²) in [6.07, 6.45) is 4.49. The maximum Gasteiger partial charge on any atom is 0.276 e. The van der Waals surface area contributed by atoms with Crippen LogP contribution in [0.2, 0.25) is 0 Å². The van der Waals surface area contributed by atoms with Gasteiger partial charge in [-0.2, -0.15) is 0 Å². The van der Waals surface area contributed by atoms with Crippen molar-refractivity contribution >= 4 is 45.1 Å².